The molecule has 0 aliphatic rings. The molecule has 128 valence electrons. The molecule has 0 N–H and O–H groups in total. The molecule has 0 aromatic carbocycles. The number of hydrogen-bond donors (Lipinski definition) is 0. The molecule has 8 heteroatoms. The predicted molar refractivity (Wildman–Crippen MR) is 86.6 cm³/mol. The van der Waals surface area contributed by atoms with Crippen molar-refractivity contribution in [1.29, 1.82) is 0 Å². The van der Waals surface area contributed by atoms with Crippen molar-refractivity contribution in [2.75, 3.05) is 19.8 Å². The largest absolute Gasteiger partial charge is 0.500 e. The van der Waals surface area contributed by atoms with Crippen LogP contribution in [0.2, 0.25) is 6.04 Å². The van der Waals surface area contributed by atoms with Crippen LogP contribution in [0.4, 0.5) is 0 Å². The Morgan fingerprint density at radius 1 is 1.00 bits per heavy atom. The molecule has 7 nitrogen and oxygen atoms in total. The molecule has 22 heavy (non-hydrogen) atoms. The molecule has 0 atom stereocenters. The molecule has 0 aliphatic heterocycles. The van der Waals surface area contributed by atoms with Gasteiger partial charge in [0.25, 0.3) is 0 Å². The maximum atomic E-state index is 5.86. The predicted octanol–water partition coefficient (Wildman–Crippen LogP) is 2.41. The van der Waals surface area contributed by atoms with Gasteiger partial charge in [-0.3, -0.25) is 0 Å². The Balaban J connectivity index is 2.68. The Kier molecular flexibility index (Phi) is 7.61. The van der Waals surface area contributed by atoms with Gasteiger partial charge in [0.1, 0.15) is 0 Å². The highest BCUT2D eigenvalue weighted by molar-refractivity contribution is 6.60. The fourth-order valence-corrected chi connectivity index (χ4v) is 4.93. The van der Waals surface area contributed by atoms with E-state index in [-0.39, 0.29) is 5.41 Å². The second kappa shape index (κ2) is 8.71. The van der Waals surface area contributed by atoms with E-state index in [1.165, 1.54) is 0 Å². The molecule has 1 rings (SSSR count). The maximum absolute atomic E-state index is 5.86. The quantitative estimate of drug-likeness (QED) is 0.614. The highest BCUT2D eigenvalue weighted by Crippen LogP contribution is 2.21. The van der Waals surface area contributed by atoms with E-state index in [0.29, 0.717) is 19.8 Å². The van der Waals surface area contributed by atoms with Crippen molar-refractivity contribution in [3.8, 4) is 0 Å². The molecule has 0 spiro atoms. The average Bonchev–Trinajstić information content (AvgIpc) is 2.88. The molecule has 1 heterocycles. The van der Waals surface area contributed by atoms with Gasteiger partial charge in [-0.1, -0.05) is 20.8 Å². The molecule has 0 bridgehead atoms. The van der Waals surface area contributed by atoms with Crippen molar-refractivity contribution in [2.45, 2.75) is 66.0 Å². The third-order valence-corrected chi connectivity index (χ3v) is 6.30. The number of nitrogens with zero attached hydrogens (tertiary/aromatic N) is 4. The summed E-state index contributed by atoms with van der Waals surface area (Å²) in [5, 5.41) is 12.0. The van der Waals surface area contributed by atoms with E-state index in [1.54, 1.807) is 0 Å². The van der Waals surface area contributed by atoms with E-state index >= 15 is 0 Å². The van der Waals surface area contributed by atoms with Crippen molar-refractivity contribution in [3.63, 3.8) is 0 Å². The molecule has 0 unspecified atom stereocenters. The SMILES string of the molecule is CCO[Si](CCCn1nnnc1C(C)(C)C)(OCC)OCC. The number of hydrogen-bond acceptors (Lipinski definition) is 6. The Morgan fingerprint density at radius 3 is 2.00 bits per heavy atom. The van der Waals surface area contributed by atoms with Gasteiger partial charge in [-0.05, 0) is 37.6 Å². The highest BCUT2D eigenvalue weighted by Gasteiger charge is 2.39. The standard InChI is InChI=1S/C14H30N4O3Si/c1-7-19-22(20-8-2,21-9-3)12-10-11-18-13(14(4,5)6)15-16-17-18/h7-12H2,1-6H3. The van der Waals surface area contributed by atoms with Crippen LogP contribution in [0.3, 0.4) is 0 Å². The van der Waals surface area contributed by atoms with E-state index in [9.17, 15) is 0 Å². The van der Waals surface area contributed by atoms with Crippen molar-refractivity contribution in [2.24, 2.45) is 0 Å². The van der Waals surface area contributed by atoms with Gasteiger partial charge in [0.15, 0.2) is 5.82 Å². The first-order valence-electron chi connectivity index (χ1n) is 8.07. The number of aromatic nitrogens is 4. The molecule has 1 aromatic rings. The van der Waals surface area contributed by atoms with Crippen molar-refractivity contribution in [1.82, 2.24) is 20.2 Å². The summed E-state index contributed by atoms with van der Waals surface area (Å²) in [5.74, 6) is 0.893. The van der Waals surface area contributed by atoms with Gasteiger partial charge in [-0.2, -0.15) is 0 Å². The molecule has 1 aromatic heterocycles. The molecule has 0 aliphatic carbocycles. The molecule has 0 fully saturated rings. The van der Waals surface area contributed by atoms with E-state index in [0.717, 1.165) is 24.8 Å². The fourth-order valence-electron chi connectivity index (χ4n) is 2.34. The van der Waals surface area contributed by atoms with Crippen LogP contribution in [0.15, 0.2) is 0 Å². The number of tetrazole rings is 1. The lowest BCUT2D eigenvalue weighted by Gasteiger charge is -2.28. The van der Waals surface area contributed by atoms with Crippen molar-refractivity contribution >= 4 is 8.80 Å². The lowest BCUT2D eigenvalue weighted by Crippen LogP contribution is -2.46. The van der Waals surface area contributed by atoms with Crippen LogP contribution >= 0.6 is 0 Å². The van der Waals surface area contributed by atoms with Gasteiger partial charge < -0.3 is 13.3 Å². The maximum Gasteiger partial charge on any atom is 0.500 e. The minimum Gasteiger partial charge on any atom is -0.374 e. The molecule has 0 saturated carbocycles. The first kappa shape index (κ1) is 19.2. The van der Waals surface area contributed by atoms with Crippen LogP contribution in [0.5, 0.6) is 0 Å². The van der Waals surface area contributed by atoms with Crippen LogP contribution in [0.1, 0.15) is 53.8 Å². The number of aryl methyl sites for hydroxylation is 1. The van der Waals surface area contributed by atoms with Crippen LogP contribution < -0.4 is 0 Å². The summed E-state index contributed by atoms with van der Waals surface area (Å²) >= 11 is 0. The first-order valence-corrected chi connectivity index (χ1v) is 10.00. The van der Waals surface area contributed by atoms with Gasteiger partial charge in [0.05, 0.1) is 0 Å². The summed E-state index contributed by atoms with van der Waals surface area (Å²) in [7, 11) is -2.57. The molecular formula is C14H30N4O3Si. The lowest BCUT2D eigenvalue weighted by molar-refractivity contribution is 0.0704. The summed E-state index contributed by atoms with van der Waals surface area (Å²) in [6.45, 7) is 14.8. The average molecular weight is 331 g/mol. The monoisotopic (exact) mass is 330 g/mol. The molecule has 0 radical (unpaired) electrons. The zero-order valence-corrected chi connectivity index (χ0v) is 15.8. The Labute approximate surface area is 134 Å². The summed E-state index contributed by atoms with van der Waals surface area (Å²) in [6, 6.07) is 0.770. The third-order valence-electron chi connectivity index (χ3n) is 3.15. The summed E-state index contributed by atoms with van der Waals surface area (Å²) in [6.07, 6.45) is 0.861. The summed E-state index contributed by atoms with van der Waals surface area (Å²) in [5.41, 5.74) is -0.0717. The van der Waals surface area contributed by atoms with Crippen LogP contribution in [0.25, 0.3) is 0 Å². The summed E-state index contributed by atoms with van der Waals surface area (Å²) < 4.78 is 19.4. The zero-order valence-electron chi connectivity index (χ0n) is 14.8. The van der Waals surface area contributed by atoms with Gasteiger partial charge in [0, 0.05) is 37.8 Å². The number of rotatable bonds is 10. The Morgan fingerprint density at radius 2 is 1.55 bits per heavy atom. The summed E-state index contributed by atoms with van der Waals surface area (Å²) in [4.78, 5) is 0. The first-order chi connectivity index (χ1) is 10.4. The van der Waals surface area contributed by atoms with E-state index in [2.05, 4.69) is 36.3 Å². The second-order valence-electron chi connectivity index (χ2n) is 6.06. The van der Waals surface area contributed by atoms with Crippen LogP contribution in [-0.2, 0) is 25.2 Å². The minimum absolute atomic E-state index is 0.0717. The van der Waals surface area contributed by atoms with E-state index in [4.69, 9.17) is 13.3 Å². The normalized spacial score (nSPS) is 12.8. The van der Waals surface area contributed by atoms with Gasteiger partial charge in [-0.25, -0.2) is 4.68 Å². The highest BCUT2D eigenvalue weighted by atomic mass is 28.4. The van der Waals surface area contributed by atoms with Crippen LogP contribution in [0, 0.1) is 0 Å². The third kappa shape index (κ3) is 5.42. The van der Waals surface area contributed by atoms with Gasteiger partial charge in [-0.15, -0.1) is 5.10 Å². The minimum atomic E-state index is -2.57. The van der Waals surface area contributed by atoms with Crippen molar-refractivity contribution < 1.29 is 13.3 Å². The molecular weight excluding hydrogens is 300 g/mol. The zero-order chi connectivity index (χ0) is 16.6. The Bertz CT molecular complexity index is 417. The van der Waals surface area contributed by atoms with Crippen LogP contribution in [-0.4, -0.2) is 48.8 Å². The van der Waals surface area contributed by atoms with Gasteiger partial charge in [0.2, 0.25) is 0 Å². The lowest BCUT2D eigenvalue weighted by atomic mass is 9.96. The topological polar surface area (TPSA) is 71.3 Å². The smallest absolute Gasteiger partial charge is 0.374 e. The van der Waals surface area contributed by atoms with Crippen molar-refractivity contribution in [3.05, 3.63) is 5.82 Å². The van der Waals surface area contributed by atoms with E-state index in [1.807, 2.05) is 25.5 Å². The van der Waals surface area contributed by atoms with E-state index < -0.39 is 8.80 Å². The fraction of sp³-hybridized carbons (Fsp3) is 0.929. The molecule has 0 amide bonds. The molecule has 0 saturated heterocycles. The van der Waals surface area contributed by atoms with Gasteiger partial charge >= 0.3 is 8.80 Å². The Hall–Kier alpha value is -0.833. The second-order valence-corrected chi connectivity index (χ2v) is 8.79.